The number of primary amides is 1. The summed E-state index contributed by atoms with van der Waals surface area (Å²) in [6.07, 6.45) is 3.65. The number of amides is 1. The maximum atomic E-state index is 12.3. The molecule has 0 atom stereocenters. The summed E-state index contributed by atoms with van der Waals surface area (Å²) in [6.45, 7) is 5.34. The molecule has 2 rings (SSSR count). The maximum Gasteiger partial charge on any atom is 0.254 e. The Labute approximate surface area is 106 Å². The van der Waals surface area contributed by atoms with Crippen LogP contribution in [0.3, 0.4) is 0 Å². The predicted octanol–water partition coefficient (Wildman–Crippen LogP) is 0.489. The summed E-state index contributed by atoms with van der Waals surface area (Å²) in [7, 11) is 0. The zero-order valence-electron chi connectivity index (χ0n) is 10.8. The first-order valence-electron chi connectivity index (χ1n) is 6.25. The molecule has 3 N–H and O–H groups in total. The fourth-order valence-corrected chi connectivity index (χ4v) is 2.66. The van der Waals surface area contributed by atoms with E-state index < -0.39 is 5.91 Å². The third-order valence-corrected chi connectivity index (χ3v) is 3.61. The molecule has 0 unspecified atom stereocenters. The molecule has 18 heavy (non-hydrogen) atoms. The molecule has 0 aromatic carbocycles. The molecular weight excluding hydrogens is 230 g/mol. The molecule has 1 saturated heterocycles. The summed E-state index contributed by atoms with van der Waals surface area (Å²) in [4.78, 5) is 23.6. The minimum absolute atomic E-state index is 0.0960. The molecule has 1 aliphatic rings. The Bertz CT molecular complexity index is 528. The van der Waals surface area contributed by atoms with Crippen LogP contribution >= 0.6 is 0 Å². The molecule has 1 amide bonds. The highest BCUT2D eigenvalue weighted by Gasteiger charge is 2.20. The Morgan fingerprint density at radius 2 is 2.00 bits per heavy atom. The van der Waals surface area contributed by atoms with E-state index >= 15 is 0 Å². The normalized spacial score (nSPS) is 16.8. The standard InChI is InChI=1S/C13H19N3O2/c1-8-7-16(10-3-5-15-6-4-10)13(18)9(2)11(8)12(14)17/h7,10,15H,3-6H2,1-2H3,(H2,14,17). The Hall–Kier alpha value is -1.62. The van der Waals surface area contributed by atoms with Gasteiger partial charge in [0, 0.05) is 17.8 Å². The molecule has 1 fully saturated rings. The van der Waals surface area contributed by atoms with E-state index in [0.717, 1.165) is 31.5 Å². The van der Waals surface area contributed by atoms with Crippen molar-refractivity contribution >= 4 is 5.91 Å². The van der Waals surface area contributed by atoms with Gasteiger partial charge in [-0.3, -0.25) is 9.59 Å². The van der Waals surface area contributed by atoms with Crippen molar-refractivity contribution in [1.82, 2.24) is 9.88 Å². The van der Waals surface area contributed by atoms with Crippen LogP contribution in [0.5, 0.6) is 0 Å². The predicted molar refractivity (Wildman–Crippen MR) is 69.8 cm³/mol. The molecule has 2 heterocycles. The molecular formula is C13H19N3O2. The number of pyridine rings is 1. The van der Waals surface area contributed by atoms with Gasteiger partial charge in [0.05, 0.1) is 5.56 Å². The fourth-order valence-electron chi connectivity index (χ4n) is 2.66. The summed E-state index contributed by atoms with van der Waals surface area (Å²) >= 11 is 0. The Morgan fingerprint density at radius 1 is 1.39 bits per heavy atom. The number of nitrogens with two attached hydrogens (primary N) is 1. The summed E-state index contributed by atoms with van der Waals surface area (Å²) in [5.41, 5.74) is 6.82. The van der Waals surface area contributed by atoms with E-state index in [1.165, 1.54) is 0 Å². The number of aromatic nitrogens is 1. The smallest absolute Gasteiger partial charge is 0.254 e. The van der Waals surface area contributed by atoms with Crippen LogP contribution in [-0.2, 0) is 0 Å². The van der Waals surface area contributed by atoms with Gasteiger partial charge in [0.25, 0.3) is 5.56 Å². The van der Waals surface area contributed by atoms with E-state index in [1.807, 2.05) is 6.92 Å². The van der Waals surface area contributed by atoms with Gasteiger partial charge < -0.3 is 15.6 Å². The van der Waals surface area contributed by atoms with Gasteiger partial charge in [-0.2, -0.15) is 0 Å². The van der Waals surface area contributed by atoms with Crippen LogP contribution in [0.4, 0.5) is 0 Å². The van der Waals surface area contributed by atoms with Crippen molar-refractivity contribution in [3.05, 3.63) is 33.2 Å². The number of carbonyl (C=O) groups is 1. The second-order valence-corrected chi connectivity index (χ2v) is 4.87. The number of nitrogens with one attached hydrogen (secondary N) is 1. The zero-order valence-corrected chi connectivity index (χ0v) is 10.8. The number of nitrogens with zero attached hydrogens (tertiary/aromatic N) is 1. The van der Waals surface area contributed by atoms with E-state index in [9.17, 15) is 9.59 Å². The van der Waals surface area contributed by atoms with E-state index in [0.29, 0.717) is 11.1 Å². The van der Waals surface area contributed by atoms with Crippen LogP contribution in [-0.4, -0.2) is 23.6 Å². The monoisotopic (exact) mass is 249 g/mol. The van der Waals surface area contributed by atoms with Crippen molar-refractivity contribution in [2.45, 2.75) is 32.7 Å². The molecule has 0 aliphatic carbocycles. The molecule has 1 aromatic rings. The molecule has 0 radical (unpaired) electrons. The first-order valence-corrected chi connectivity index (χ1v) is 6.25. The average molecular weight is 249 g/mol. The third-order valence-electron chi connectivity index (χ3n) is 3.61. The highest BCUT2D eigenvalue weighted by Crippen LogP contribution is 2.19. The first-order chi connectivity index (χ1) is 8.52. The lowest BCUT2D eigenvalue weighted by molar-refractivity contribution is 0.0998. The van der Waals surface area contributed by atoms with Crippen molar-refractivity contribution in [3.63, 3.8) is 0 Å². The molecule has 1 aromatic heterocycles. The summed E-state index contributed by atoms with van der Waals surface area (Å²) < 4.78 is 1.76. The largest absolute Gasteiger partial charge is 0.366 e. The summed E-state index contributed by atoms with van der Waals surface area (Å²) in [6, 6.07) is 0.220. The highest BCUT2D eigenvalue weighted by atomic mass is 16.1. The van der Waals surface area contributed by atoms with Crippen molar-refractivity contribution in [1.29, 1.82) is 0 Å². The minimum atomic E-state index is -0.528. The van der Waals surface area contributed by atoms with Crippen LogP contribution in [0.2, 0.25) is 0 Å². The van der Waals surface area contributed by atoms with Gasteiger partial charge in [0.1, 0.15) is 0 Å². The van der Waals surface area contributed by atoms with Gasteiger partial charge in [-0.25, -0.2) is 0 Å². The molecule has 1 aliphatic heterocycles. The van der Waals surface area contributed by atoms with Crippen LogP contribution in [0.15, 0.2) is 11.0 Å². The van der Waals surface area contributed by atoms with Crippen LogP contribution in [0, 0.1) is 13.8 Å². The lowest BCUT2D eigenvalue weighted by Crippen LogP contribution is -2.36. The lowest BCUT2D eigenvalue weighted by Gasteiger charge is -2.26. The summed E-state index contributed by atoms with van der Waals surface area (Å²) in [5, 5.41) is 3.27. The number of piperidine rings is 1. The average Bonchev–Trinajstić information content (AvgIpc) is 2.34. The van der Waals surface area contributed by atoms with Crippen molar-refractivity contribution in [2.24, 2.45) is 5.73 Å². The minimum Gasteiger partial charge on any atom is -0.366 e. The van der Waals surface area contributed by atoms with E-state index in [-0.39, 0.29) is 11.6 Å². The molecule has 0 bridgehead atoms. The number of rotatable bonds is 2. The quantitative estimate of drug-likeness (QED) is 0.800. The van der Waals surface area contributed by atoms with E-state index in [4.69, 9.17) is 5.73 Å². The van der Waals surface area contributed by atoms with Gasteiger partial charge >= 0.3 is 0 Å². The molecule has 98 valence electrons. The number of hydrogen-bond donors (Lipinski definition) is 2. The Kier molecular flexibility index (Phi) is 3.52. The van der Waals surface area contributed by atoms with Crippen LogP contribution < -0.4 is 16.6 Å². The second kappa shape index (κ2) is 4.94. The van der Waals surface area contributed by atoms with Gasteiger partial charge in [-0.1, -0.05) is 0 Å². The van der Waals surface area contributed by atoms with E-state index in [1.54, 1.807) is 17.7 Å². The molecule has 5 nitrogen and oxygen atoms in total. The topological polar surface area (TPSA) is 77.1 Å². The van der Waals surface area contributed by atoms with Gasteiger partial charge in [0.2, 0.25) is 5.91 Å². The zero-order chi connectivity index (χ0) is 13.3. The van der Waals surface area contributed by atoms with Crippen molar-refractivity contribution in [3.8, 4) is 0 Å². The number of carbonyl (C=O) groups excluding carboxylic acids is 1. The van der Waals surface area contributed by atoms with Crippen molar-refractivity contribution in [2.75, 3.05) is 13.1 Å². The van der Waals surface area contributed by atoms with Crippen LogP contribution in [0.1, 0.15) is 40.4 Å². The summed E-state index contributed by atoms with van der Waals surface area (Å²) in [5.74, 6) is -0.528. The van der Waals surface area contributed by atoms with Gasteiger partial charge in [0.15, 0.2) is 0 Å². The third kappa shape index (κ3) is 2.18. The highest BCUT2D eigenvalue weighted by molar-refractivity contribution is 5.95. The fraction of sp³-hybridized carbons (Fsp3) is 0.538. The van der Waals surface area contributed by atoms with E-state index in [2.05, 4.69) is 5.32 Å². The molecule has 0 saturated carbocycles. The molecule has 0 spiro atoms. The van der Waals surface area contributed by atoms with Crippen LogP contribution in [0.25, 0.3) is 0 Å². The number of aryl methyl sites for hydroxylation is 1. The van der Waals surface area contributed by atoms with Gasteiger partial charge in [-0.05, 0) is 45.3 Å². The first kappa shape index (κ1) is 12.8. The second-order valence-electron chi connectivity index (χ2n) is 4.87. The Morgan fingerprint density at radius 3 is 2.56 bits per heavy atom. The maximum absolute atomic E-state index is 12.3. The lowest BCUT2D eigenvalue weighted by atomic mass is 10.0. The van der Waals surface area contributed by atoms with Gasteiger partial charge in [-0.15, -0.1) is 0 Å². The SMILES string of the molecule is Cc1cn(C2CCNCC2)c(=O)c(C)c1C(N)=O. The van der Waals surface area contributed by atoms with Crippen molar-refractivity contribution < 1.29 is 4.79 Å². The molecule has 5 heteroatoms. The Balaban J connectivity index is 2.50. The number of hydrogen-bond acceptors (Lipinski definition) is 3.